The van der Waals surface area contributed by atoms with Crippen molar-refractivity contribution in [2.24, 2.45) is 0 Å². The second kappa shape index (κ2) is 7.63. The monoisotopic (exact) mass is 277 g/mol. The van der Waals surface area contributed by atoms with E-state index < -0.39 is 12.0 Å². The highest BCUT2D eigenvalue weighted by atomic mass is 16.5. The third kappa shape index (κ3) is 4.86. The van der Waals surface area contributed by atoms with Gasteiger partial charge in [-0.2, -0.15) is 5.26 Å². The molecule has 0 aliphatic heterocycles. The molecule has 7 nitrogen and oxygen atoms in total. The molecule has 3 N–H and O–H groups in total. The number of nitrogens with zero attached hydrogens (tertiary/aromatic N) is 1. The maximum Gasteiger partial charge on any atom is 0.319 e. The lowest BCUT2D eigenvalue weighted by Gasteiger charge is -2.12. The van der Waals surface area contributed by atoms with E-state index in [4.69, 9.17) is 15.1 Å². The number of hydrogen-bond acceptors (Lipinski definition) is 4. The molecule has 0 radical (unpaired) electrons. The second-order valence-corrected chi connectivity index (χ2v) is 3.78. The number of aliphatic carboxylic acids is 1. The molecule has 0 bridgehead atoms. The van der Waals surface area contributed by atoms with Crippen molar-refractivity contribution in [1.82, 2.24) is 5.32 Å². The van der Waals surface area contributed by atoms with Crippen LogP contribution in [0.3, 0.4) is 0 Å². The molecule has 0 spiro atoms. The number of carbonyl (C=O) groups excluding carboxylic acids is 1. The number of urea groups is 1. The Kier molecular flexibility index (Phi) is 5.84. The molecular formula is C13H15N3O4. The quantitative estimate of drug-likeness (QED) is 0.730. The van der Waals surface area contributed by atoms with Gasteiger partial charge in [0.15, 0.2) is 0 Å². The van der Waals surface area contributed by atoms with Gasteiger partial charge in [-0.3, -0.25) is 4.79 Å². The van der Waals surface area contributed by atoms with Crippen molar-refractivity contribution in [3.8, 4) is 11.8 Å². The first kappa shape index (κ1) is 15.3. The average molecular weight is 277 g/mol. The highest BCUT2D eigenvalue weighted by Crippen LogP contribution is 2.25. The van der Waals surface area contributed by atoms with Crippen molar-refractivity contribution in [3.05, 3.63) is 23.8 Å². The van der Waals surface area contributed by atoms with E-state index in [-0.39, 0.29) is 13.0 Å². The second-order valence-electron chi connectivity index (χ2n) is 3.78. The summed E-state index contributed by atoms with van der Waals surface area (Å²) in [7, 11) is 0. The first-order chi connectivity index (χ1) is 9.56. The molecule has 0 atom stereocenters. The summed E-state index contributed by atoms with van der Waals surface area (Å²) in [6, 6.07) is 6.07. The SMILES string of the molecule is CCOc1ccc(C#N)cc1NC(=O)NCCC(=O)O. The molecular weight excluding hydrogens is 262 g/mol. The van der Waals surface area contributed by atoms with Crippen LogP contribution in [0.5, 0.6) is 5.75 Å². The number of benzene rings is 1. The van der Waals surface area contributed by atoms with Crippen LogP contribution in [-0.2, 0) is 4.79 Å². The van der Waals surface area contributed by atoms with Gasteiger partial charge in [0.2, 0.25) is 0 Å². The van der Waals surface area contributed by atoms with Gasteiger partial charge < -0.3 is 20.5 Å². The first-order valence-electron chi connectivity index (χ1n) is 6.00. The number of nitrogens with one attached hydrogen (secondary N) is 2. The van der Waals surface area contributed by atoms with Crippen molar-refractivity contribution >= 4 is 17.7 Å². The van der Waals surface area contributed by atoms with E-state index in [1.165, 1.54) is 6.07 Å². The maximum absolute atomic E-state index is 11.6. The predicted molar refractivity (Wildman–Crippen MR) is 71.6 cm³/mol. The molecule has 0 aliphatic carbocycles. The molecule has 2 amide bonds. The normalized spacial score (nSPS) is 9.40. The predicted octanol–water partition coefficient (Wildman–Crippen LogP) is 1.55. The van der Waals surface area contributed by atoms with Crippen molar-refractivity contribution < 1.29 is 19.4 Å². The van der Waals surface area contributed by atoms with Crippen molar-refractivity contribution in [1.29, 1.82) is 5.26 Å². The van der Waals surface area contributed by atoms with E-state index >= 15 is 0 Å². The average Bonchev–Trinajstić information content (AvgIpc) is 2.40. The summed E-state index contributed by atoms with van der Waals surface area (Å²) in [5, 5.41) is 22.2. The molecule has 1 rings (SSSR count). The number of carboxylic acid groups (broad SMARTS) is 1. The van der Waals surface area contributed by atoms with Crippen LogP contribution < -0.4 is 15.4 Å². The van der Waals surface area contributed by atoms with Crippen LogP contribution in [-0.4, -0.2) is 30.3 Å². The molecule has 7 heteroatoms. The van der Waals surface area contributed by atoms with Crippen LogP contribution in [0, 0.1) is 11.3 Å². The smallest absolute Gasteiger partial charge is 0.319 e. The number of carbonyl (C=O) groups is 2. The van der Waals surface area contributed by atoms with Gasteiger partial charge in [0.25, 0.3) is 0 Å². The minimum Gasteiger partial charge on any atom is -0.492 e. The van der Waals surface area contributed by atoms with Gasteiger partial charge in [-0.25, -0.2) is 4.79 Å². The largest absolute Gasteiger partial charge is 0.492 e. The van der Waals surface area contributed by atoms with Crippen LogP contribution in [0.25, 0.3) is 0 Å². The fraction of sp³-hybridized carbons (Fsp3) is 0.308. The van der Waals surface area contributed by atoms with Gasteiger partial charge in [-0.05, 0) is 25.1 Å². The van der Waals surface area contributed by atoms with E-state index in [1.807, 2.05) is 6.07 Å². The fourth-order valence-corrected chi connectivity index (χ4v) is 1.43. The Morgan fingerprint density at radius 3 is 2.80 bits per heavy atom. The van der Waals surface area contributed by atoms with E-state index in [1.54, 1.807) is 19.1 Å². The first-order valence-corrected chi connectivity index (χ1v) is 6.00. The molecule has 1 aromatic carbocycles. The lowest BCUT2D eigenvalue weighted by molar-refractivity contribution is -0.136. The summed E-state index contributed by atoms with van der Waals surface area (Å²) in [6.07, 6.45) is -0.163. The standard InChI is InChI=1S/C13H15N3O4/c1-2-20-11-4-3-9(8-14)7-10(11)16-13(19)15-6-5-12(17)18/h3-4,7H,2,5-6H2,1H3,(H,17,18)(H2,15,16,19). The van der Waals surface area contributed by atoms with Crippen molar-refractivity contribution in [2.45, 2.75) is 13.3 Å². The lowest BCUT2D eigenvalue weighted by Crippen LogP contribution is -2.30. The molecule has 0 saturated heterocycles. The third-order valence-electron chi connectivity index (χ3n) is 2.28. The lowest BCUT2D eigenvalue weighted by atomic mass is 10.2. The van der Waals surface area contributed by atoms with E-state index in [9.17, 15) is 9.59 Å². The van der Waals surface area contributed by atoms with Crippen LogP contribution in [0.15, 0.2) is 18.2 Å². The Hall–Kier alpha value is -2.75. The zero-order chi connectivity index (χ0) is 15.0. The molecule has 106 valence electrons. The molecule has 0 aromatic heterocycles. The summed E-state index contributed by atoms with van der Waals surface area (Å²) in [5.41, 5.74) is 0.744. The number of rotatable bonds is 6. The molecule has 20 heavy (non-hydrogen) atoms. The highest BCUT2D eigenvalue weighted by molar-refractivity contribution is 5.91. The highest BCUT2D eigenvalue weighted by Gasteiger charge is 2.09. The minimum absolute atomic E-state index is 0.0169. The van der Waals surface area contributed by atoms with Gasteiger partial charge in [-0.1, -0.05) is 0 Å². The van der Waals surface area contributed by atoms with Crippen LogP contribution in [0.2, 0.25) is 0 Å². The number of amides is 2. The molecule has 0 fully saturated rings. The van der Waals surface area contributed by atoms with Gasteiger partial charge in [0, 0.05) is 6.54 Å². The number of anilines is 1. The zero-order valence-corrected chi connectivity index (χ0v) is 11.0. The topological polar surface area (TPSA) is 111 Å². The fourth-order valence-electron chi connectivity index (χ4n) is 1.43. The van der Waals surface area contributed by atoms with Crippen molar-refractivity contribution in [3.63, 3.8) is 0 Å². The zero-order valence-electron chi connectivity index (χ0n) is 11.0. The van der Waals surface area contributed by atoms with Crippen molar-refractivity contribution in [2.75, 3.05) is 18.5 Å². The van der Waals surface area contributed by atoms with Crippen LogP contribution >= 0.6 is 0 Å². The summed E-state index contributed by atoms with van der Waals surface area (Å²) >= 11 is 0. The summed E-state index contributed by atoms with van der Waals surface area (Å²) < 4.78 is 5.33. The molecule has 0 unspecified atom stereocenters. The van der Waals surface area contributed by atoms with Gasteiger partial charge in [-0.15, -0.1) is 0 Å². The Balaban J connectivity index is 2.71. The molecule has 0 saturated carbocycles. The summed E-state index contributed by atoms with van der Waals surface area (Å²) in [5.74, 6) is -0.549. The van der Waals surface area contributed by atoms with E-state index in [0.29, 0.717) is 23.6 Å². The Bertz CT molecular complexity index is 537. The van der Waals surface area contributed by atoms with Gasteiger partial charge in [0.1, 0.15) is 5.75 Å². The Morgan fingerprint density at radius 1 is 1.45 bits per heavy atom. The number of carboxylic acids is 1. The number of hydrogen-bond donors (Lipinski definition) is 3. The molecule has 1 aromatic rings. The maximum atomic E-state index is 11.6. The summed E-state index contributed by atoms with van der Waals surface area (Å²) in [6.45, 7) is 2.24. The molecule has 0 heterocycles. The third-order valence-corrected chi connectivity index (χ3v) is 2.28. The summed E-state index contributed by atoms with van der Waals surface area (Å²) in [4.78, 5) is 21.9. The van der Waals surface area contributed by atoms with Gasteiger partial charge in [0.05, 0.1) is 30.3 Å². The van der Waals surface area contributed by atoms with E-state index in [0.717, 1.165) is 0 Å². The number of nitriles is 1. The number of ether oxygens (including phenoxy) is 1. The van der Waals surface area contributed by atoms with Crippen LogP contribution in [0.1, 0.15) is 18.9 Å². The Morgan fingerprint density at radius 2 is 2.20 bits per heavy atom. The Labute approximate surface area is 116 Å². The van der Waals surface area contributed by atoms with Crippen LogP contribution in [0.4, 0.5) is 10.5 Å². The minimum atomic E-state index is -0.994. The van der Waals surface area contributed by atoms with E-state index in [2.05, 4.69) is 10.6 Å². The van der Waals surface area contributed by atoms with Gasteiger partial charge >= 0.3 is 12.0 Å². The molecule has 0 aliphatic rings.